The maximum absolute atomic E-state index is 13.8. The maximum Gasteiger partial charge on any atom is 0.355 e. The zero-order chi connectivity index (χ0) is 19.8. The number of thiazole rings is 1. The second-order valence-electron chi connectivity index (χ2n) is 5.77. The van der Waals surface area contributed by atoms with Gasteiger partial charge in [-0.2, -0.15) is 9.78 Å². The van der Waals surface area contributed by atoms with Gasteiger partial charge in [-0.15, -0.1) is 11.3 Å². The fraction of sp³-hybridized carbons (Fsp3) is 0. The average Bonchev–Trinajstić information content (AvgIpc) is 3.29. The van der Waals surface area contributed by atoms with Gasteiger partial charge in [0.1, 0.15) is 5.69 Å². The Morgan fingerprint density at radius 2 is 1.79 bits per heavy atom. The fourth-order valence-electron chi connectivity index (χ4n) is 2.72. The van der Waals surface area contributed by atoms with Gasteiger partial charge in [-0.05, 0) is 23.8 Å². The summed E-state index contributed by atoms with van der Waals surface area (Å²) in [5.74, 6) is -3.55. The number of halogens is 2. The molecule has 0 amide bonds. The number of carbonyl (C=O) groups is 1. The summed E-state index contributed by atoms with van der Waals surface area (Å²) in [6.45, 7) is 0. The lowest BCUT2D eigenvalue weighted by Crippen LogP contribution is -2.00. The molecule has 0 spiro atoms. The molecule has 0 saturated heterocycles. The quantitative estimate of drug-likeness (QED) is 0.533. The molecule has 6 nitrogen and oxygen atoms in total. The van der Waals surface area contributed by atoms with Crippen LogP contribution in [0.2, 0.25) is 0 Å². The molecule has 0 fully saturated rings. The number of aromatic hydroxyl groups is 1. The molecule has 9 heteroatoms. The summed E-state index contributed by atoms with van der Waals surface area (Å²) in [7, 11) is 0. The Balaban J connectivity index is 1.95. The van der Waals surface area contributed by atoms with Crippen LogP contribution in [0.5, 0.6) is 5.88 Å². The Morgan fingerprint density at radius 3 is 2.43 bits per heavy atom. The number of aromatic carboxylic acids is 1. The highest BCUT2D eigenvalue weighted by Gasteiger charge is 2.24. The minimum Gasteiger partial charge on any atom is -0.493 e. The summed E-state index contributed by atoms with van der Waals surface area (Å²) in [4.78, 5) is 15.0. The minimum atomic E-state index is -1.21. The van der Waals surface area contributed by atoms with E-state index in [4.69, 9.17) is 5.11 Å². The van der Waals surface area contributed by atoms with E-state index in [1.165, 1.54) is 11.4 Å². The molecule has 4 aromatic rings. The Hall–Kier alpha value is -3.59. The first-order chi connectivity index (χ1) is 13.5. The van der Waals surface area contributed by atoms with E-state index in [1.54, 1.807) is 30.3 Å². The molecule has 4 rings (SSSR count). The summed E-state index contributed by atoms with van der Waals surface area (Å²) in [5.41, 5.74) is 1.15. The molecule has 0 aliphatic carbocycles. The lowest BCUT2D eigenvalue weighted by atomic mass is 10.0. The smallest absolute Gasteiger partial charge is 0.355 e. The number of carboxylic acid groups (broad SMARTS) is 1. The van der Waals surface area contributed by atoms with Crippen LogP contribution in [0.4, 0.5) is 8.78 Å². The molecular weight excluding hydrogens is 388 g/mol. The van der Waals surface area contributed by atoms with Crippen molar-refractivity contribution in [3.05, 3.63) is 71.2 Å². The molecule has 0 aliphatic rings. The lowest BCUT2D eigenvalue weighted by molar-refractivity contribution is 0.0691. The molecule has 0 aliphatic heterocycles. The number of carboxylic acids is 1. The van der Waals surface area contributed by atoms with Crippen LogP contribution >= 0.6 is 11.3 Å². The maximum atomic E-state index is 13.8. The van der Waals surface area contributed by atoms with Crippen molar-refractivity contribution in [1.82, 2.24) is 14.8 Å². The third-order valence-corrected chi connectivity index (χ3v) is 4.83. The Bertz CT molecular complexity index is 1190. The highest BCUT2D eigenvalue weighted by Crippen LogP contribution is 2.40. The first kappa shape index (κ1) is 17.8. The molecule has 0 saturated carbocycles. The van der Waals surface area contributed by atoms with Crippen LogP contribution in [0.1, 0.15) is 10.5 Å². The molecule has 0 radical (unpaired) electrons. The summed E-state index contributed by atoms with van der Waals surface area (Å²) in [5, 5.41) is 25.6. The Labute approximate surface area is 161 Å². The van der Waals surface area contributed by atoms with Crippen LogP contribution in [0, 0.1) is 11.6 Å². The third kappa shape index (κ3) is 3.01. The number of aromatic nitrogens is 3. The number of nitrogens with zero attached hydrogens (tertiary/aromatic N) is 3. The highest BCUT2D eigenvalue weighted by atomic mass is 32.1. The number of rotatable bonds is 4. The molecule has 2 N–H and O–H groups in total. The average molecular weight is 399 g/mol. The van der Waals surface area contributed by atoms with Gasteiger partial charge in [0.05, 0.1) is 5.56 Å². The van der Waals surface area contributed by atoms with Gasteiger partial charge in [0.2, 0.25) is 11.0 Å². The van der Waals surface area contributed by atoms with Crippen molar-refractivity contribution >= 4 is 17.3 Å². The molecule has 0 atom stereocenters. The third-order valence-electron chi connectivity index (χ3n) is 4.01. The molecular formula is C19H11F2N3O3S. The van der Waals surface area contributed by atoms with Gasteiger partial charge < -0.3 is 10.2 Å². The van der Waals surface area contributed by atoms with Crippen molar-refractivity contribution in [2.24, 2.45) is 0 Å². The van der Waals surface area contributed by atoms with E-state index < -0.39 is 17.6 Å². The SMILES string of the molecule is O=C(O)c1csc(-n2nc(-c3ccc(F)c(F)c3)c(-c3ccccc3)c2O)n1. The first-order valence-corrected chi connectivity index (χ1v) is 8.85. The monoisotopic (exact) mass is 399 g/mol. The largest absolute Gasteiger partial charge is 0.493 e. The van der Waals surface area contributed by atoms with Gasteiger partial charge in [0.15, 0.2) is 17.3 Å². The standard InChI is InChI=1S/C19H11F2N3O3S/c20-12-7-6-11(8-13(12)21)16-15(10-4-2-1-3-5-10)17(25)24(23-16)19-22-14(9-28-19)18(26)27/h1-9,25H,(H,26,27). The van der Waals surface area contributed by atoms with Crippen molar-refractivity contribution in [1.29, 1.82) is 0 Å². The predicted molar refractivity (Wildman–Crippen MR) is 98.6 cm³/mol. The van der Waals surface area contributed by atoms with Gasteiger partial charge in [-0.25, -0.2) is 18.6 Å². The van der Waals surface area contributed by atoms with Crippen LogP contribution in [-0.4, -0.2) is 30.9 Å². The Kier molecular flexibility index (Phi) is 4.36. The summed E-state index contributed by atoms with van der Waals surface area (Å²) < 4.78 is 28.2. The topological polar surface area (TPSA) is 88.2 Å². The molecule has 2 aromatic heterocycles. The van der Waals surface area contributed by atoms with Crippen LogP contribution in [-0.2, 0) is 0 Å². The molecule has 0 unspecified atom stereocenters. The van der Waals surface area contributed by atoms with E-state index in [1.807, 2.05) is 0 Å². The van der Waals surface area contributed by atoms with Crippen molar-refractivity contribution < 1.29 is 23.8 Å². The van der Waals surface area contributed by atoms with E-state index in [2.05, 4.69) is 10.1 Å². The molecule has 28 heavy (non-hydrogen) atoms. The van der Waals surface area contributed by atoms with Crippen molar-refractivity contribution in [2.75, 3.05) is 0 Å². The minimum absolute atomic E-state index is 0.126. The van der Waals surface area contributed by atoms with E-state index >= 15 is 0 Å². The lowest BCUT2D eigenvalue weighted by Gasteiger charge is -2.04. The second-order valence-corrected chi connectivity index (χ2v) is 6.61. The molecule has 140 valence electrons. The highest BCUT2D eigenvalue weighted by molar-refractivity contribution is 7.12. The zero-order valence-corrected chi connectivity index (χ0v) is 14.8. The van der Waals surface area contributed by atoms with E-state index in [-0.39, 0.29) is 28.0 Å². The van der Waals surface area contributed by atoms with Crippen molar-refractivity contribution in [3.63, 3.8) is 0 Å². The fourth-order valence-corrected chi connectivity index (χ4v) is 3.47. The van der Waals surface area contributed by atoms with E-state index in [0.717, 1.165) is 28.2 Å². The van der Waals surface area contributed by atoms with Gasteiger partial charge >= 0.3 is 5.97 Å². The normalized spacial score (nSPS) is 10.9. The number of hydrogen-bond acceptors (Lipinski definition) is 5. The molecule has 2 heterocycles. The molecule has 2 aromatic carbocycles. The van der Waals surface area contributed by atoms with Crippen LogP contribution in [0.25, 0.3) is 27.5 Å². The van der Waals surface area contributed by atoms with Crippen LogP contribution < -0.4 is 0 Å². The van der Waals surface area contributed by atoms with Gasteiger partial charge in [0, 0.05) is 10.9 Å². The zero-order valence-electron chi connectivity index (χ0n) is 14.0. The first-order valence-electron chi connectivity index (χ1n) is 7.97. The van der Waals surface area contributed by atoms with Crippen molar-refractivity contribution in [2.45, 2.75) is 0 Å². The van der Waals surface area contributed by atoms with Gasteiger partial charge in [-0.3, -0.25) is 0 Å². The molecule has 0 bridgehead atoms. The summed E-state index contributed by atoms with van der Waals surface area (Å²) >= 11 is 0.978. The predicted octanol–water partition coefficient (Wildman–Crippen LogP) is 4.34. The van der Waals surface area contributed by atoms with Crippen LogP contribution in [0.3, 0.4) is 0 Å². The second kappa shape index (κ2) is 6.86. The van der Waals surface area contributed by atoms with E-state index in [0.29, 0.717) is 11.1 Å². The van der Waals surface area contributed by atoms with E-state index in [9.17, 15) is 18.7 Å². The van der Waals surface area contributed by atoms with Gasteiger partial charge in [-0.1, -0.05) is 30.3 Å². The summed E-state index contributed by atoms with van der Waals surface area (Å²) in [6.07, 6.45) is 0. The van der Waals surface area contributed by atoms with Crippen molar-refractivity contribution in [3.8, 4) is 33.4 Å². The number of benzene rings is 2. The Morgan fingerprint density at radius 1 is 1.04 bits per heavy atom. The van der Waals surface area contributed by atoms with Gasteiger partial charge in [0.25, 0.3) is 0 Å². The van der Waals surface area contributed by atoms with Crippen LogP contribution in [0.15, 0.2) is 53.9 Å². The summed E-state index contributed by atoms with van der Waals surface area (Å²) in [6, 6.07) is 12.1. The number of hydrogen-bond donors (Lipinski definition) is 2.